The Labute approximate surface area is 183 Å². The minimum atomic E-state index is -2.50. The monoisotopic (exact) mass is 418 g/mol. The van der Waals surface area contributed by atoms with Crippen LogP contribution >= 0.6 is 0 Å². The first-order chi connectivity index (χ1) is 14.4. The number of rotatable bonds is 14. The molecule has 3 atom stereocenters. The Kier molecular flexibility index (Phi) is 12.7. The van der Waals surface area contributed by atoms with Gasteiger partial charge in [-0.15, -0.1) is 5.73 Å². The van der Waals surface area contributed by atoms with Crippen LogP contribution in [-0.2, 0) is 9.53 Å². The highest BCUT2D eigenvalue weighted by Crippen LogP contribution is 2.38. The van der Waals surface area contributed by atoms with E-state index in [0.29, 0.717) is 17.8 Å². The van der Waals surface area contributed by atoms with Gasteiger partial charge < -0.3 is 14.9 Å². The molecule has 0 aromatic rings. The molecule has 4 heteroatoms. The van der Waals surface area contributed by atoms with E-state index in [1.54, 1.807) is 0 Å². The van der Waals surface area contributed by atoms with Gasteiger partial charge in [-0.05, 0) is 62.0 Å². The molecule has 0 radical (unpaired) electrons. The maximum absolute atomic E-state index is 11.4. The summed E-state index contributed by atoms with van der Waals surface area (Å²) in [6.07, 6.45) is 21.6. The fourth-order valence-corrected chi connectivity index (χ4v) is 4.13. The predicted molar refractivity (Wildman–Crippen MR) is 123 cm³/mol. The van der Waals surface area contributed by atoms with E-state index in [4.69, 9.17) is 0 Å². The van der Waals surface area contributed by atoms with E-state index in [2.05, 4.69) is 48.6 Å². The lowest BCUT2D eigenvalue weighted by Gasteiger charge is -2.23. The molecule has 0 saturated carbocycles. The molecule has 170 valence electrons. The van der Waals surface area contributed by atoms with Crippen LogP contribution in [-0.4, -0.2) is 29.1 Å². The van der Waals surface area contributed by atoms with Gasteiger partial charge in [-0.2, -0.15) is 0 Å². The van der Waals surface area contributed by atoms with Crippen molar-refractivity contribution in [3.63, 3.8) is 0 Å². The quantitative estimate of drug-likeness (QED) is 0.122. The zero-order chi connectivity index (χ0) is 22.4. The zero-order valence-electron chi connectivity index (χ0n) is 19.4. The van der Waals surface area contributed by atoms with Crippen molar-refractivity contribution >= 4 is 5.97 Å². The fraction of sp³-hybridized carbons (Fsp3) is 0.692. The molecule has 4 nitrogen and oxygen atoms in total. The number of ether oxygens (including phenoxy) is 1. The number of unbranched alkanes of at least 4 members (excludes halogenated alkanes) is 5. The molecule has 2 N–H and O–H groups in total. The smallest absolute Gasteiger partial charge is 0.366 e. The summed E-state index contributed by atoms with van der Waals surface area (Å²) in [5, 5.41) is 19.4. The van der Waals surface area contributed by atoms with Crippen molar-refractivity contribution in [3.05, 3.63) is 41.7 Å². The molecule has 0 heterocycles. The van der Waals surface area contributed by atoms with Crippen molar-refractivity contribution in [3.8, 4) is 0 Å². The Hall–Kier alpha value is -1.61. The second-order valence-corrected chi connectivity index (χ2v) is 8.55. The number of carbonyl (C=O) groups is 1. The third-order valence-corrected chi connectivity index (χ3v) is 5.87. The van der Waals surface area contributed by atoms with Gasteiger partial charge in [0.25, 0.3) is 5.79 Å². The van der Waals surface area contributed by atoms with Gasteiger partial charge in [-0.3, -0.25) is 0 Å². The Morgan fingerprint density at radius 3 is 2.53 bits per heavy atom. The summed E-state index contributed by atoms with van der Waals surface area (Å²) in [6.45, 7) is 6.48. The Balaban J connectivity index is 2.68. The van der Waals surface area contributed by atoms with E-state index in [0.717, 1.165) is 31.9 Å². The van der Waals surface area contributed by atoms with Gasteiger partial charge in [0.2, 0.25) is 0 Å². The normalized spacial score (nSPS) is 21.1. The number of hydrogen-bond donors (Lipinski definition) is 2. The van der Waals surface area contributed by atoms with Crippen molar-refractivity contribution in [1.29, 1.82) is 0 Å². The third kappa shape index (κ3) is 9.47. The number of hydrogen-bond acceptors (Lipinski definition) is 4. The number of allylic oxidation sites excluding steroid dienone is 4. The third-order valence-electron chi connectivity index (χ3n) is 5.87. The summed E-state index contributed by atoms with van der Waals surface area (Å²) in [4.78, 5) is 11.4. The minimum absolute atomic E-state index is 0.236. The van der Waals surface area contributed by atoms with E-state index < -0.39 is 11.8 Å². The number of esters is 1. The molecule has 1 rings (SSSR count). The van der Waals surface area contributed by atoms with E-state index in [9.17, 15) is 15.0 Å². The standard InChI is InChI=1S/C26H42O4/c1-5-7-8-9-10-11-12-16-23-18-17-22(14-6-2)24(23)20-21(3)15-13-19-26(28,29)25(27)30-4/h12-13,16-18,22-24,28-29H,5-11,14,19-20H2,1-4H3/t15?,22-,23-,24+/m0/s1. The summed E-state index contributed by atoms with van der Waals surface area (Å²) < 4.78 is 4.40. The Morgan fingerprint density at radius 2 is 1.87 bits per heavy atom. The SMILES string of the molecule is CCCCCCCC=C[C@H]1C=C[C@H](CCC)[C@H]1CC(C)=C=CCC(O)(O)C(=O)OC. The van der Waals surface area contributed by atoms with Gasteiger partial charge in [-0.25, -0.2) is 4.79 Å². The molecule has 0 aliphatic heterocycles. The van der Waals surface area contributed by atoms with Crippen LogP contribution in [0.25, 0.3) is 0 Å². The average Bonchev–Trinajstić information content (AvgIpc) is 3.08. The molecule has 0 saturated heterocycles. The minimum Gasteiger partial charge on any atom is -0.465 e. The Morgan fingerprint density at radius 1 is 1.13 bits per heavy atom. The number of aliphatic hydroxyl groups is 2. The van der Waals surface area contributed by atoms with E-state index in [1.807, 2.05) is 6.92 Å². The summed E-state index contributed by atoms with van der Waals surface area (Å²) in [6, 6.07) is 0. The van der Waals surface area contributed by atoms with Crippen LogP contribution in [0, 0.1) is 17.8 Å². The van der Waals surface area contributed by atoms with Crippen LogP contribution in [0.15, 0.2) is 41.7 Å². The maximum Gasteiger partial charge on any atom is 0.366 e. The van der Waals surface area contributed by atoms with Crippen molar-refractivity contribution in [2.45, 2.75) is 90.8 Å². The first-order valence-corrected chi connectivity index (χ1v) is 11.6. The summed E-state index contributed by atoms with van der Waals surface area (Å²) >= 11 is 0. The Bertz CT molecular complexity index is 623. The fourth-order valence-electron chi connectivity index (χ4n) is 4.13. The highest BCUT2D eigenvalue weighted by molar-refractivity contribution is 5.77. The lowest BCUT2D eigenvalue weighted by molar-refractivity contribution is -0.205. The van der Waals surface area contributed by atoms with Gasteiger partial charge >= 0.3 is 5.97 Å². The molecule has 0 bridgehead atoms. The first kappa shape index (κ1) is 26.4. The average molecular weight is 419 g/mol. The van der Waals surface area contributed by atoms with Gasteiger partial charge in [0.1, 0.15) is 0 Å². The van der Waals surface area contributed by atoms with E-state index in [1.165, 1.54) is 44.6 Å². The van der Waals surface area contributed by atoms with Crippen LogP contribution in [0.5, 0.6) is 0 Å². The number of carbonyl (C=O) groups excluding carboxylic acids is 1. The van der Waals surface area contributed by atoms with Gasteiger partial charge in [0.15, 0.2) is 0 Å². The summed E-state index contributed by atoms with van der Waals surface area (Å²) in [7, 11) is 1.13. The van der Waals surface area contributed by atoms with Crippen LogP contribution in [0.1, 0.15) is 85.0 Å². The molecule has 1 aliphatic rings. The zero-order valence-corrected chi connectivity index (χ0v) is 19.4. The lowest BCUT2D eigenvalue weighted by atomic mass is 9.81. The van der Waals surface area contributed by atoms with Gasteiger partial charge in [-0.1, -0.05) is 70.3 Å². The second kappa shape index (κ2) is 14.4. The van der Waals surface area contributed by atoms with Crippen LogP contribution in [0.4, 0.5) is 0 Å². The van der Waals surface area contributed by atoms with Crippen LogP contribution in [0.3, 0.4) is 0 Å². The first-order valence-electron chi connectivity index (χ1n) is 11.6. The molecule has 0 aromatic carbocycles. The van der Waals surface area contributed by atoms with Crippen molar-refractivity contribution in [2.24, 2.45) is 17.8 Å². The predicted octanol–water partition coefficient (Wildman–Crippen LogP) is 5.86. The molecular weight excluding hydrogens is 376 g/mol. The van der Waals surface area contributed by atoms with Crippen molar-refractivity contribution < 1.29 is 19.7 Å². The van der Waals surface area contributed by atoms with Crippen molar-refractivity contribution in [1.82, 2.24) is 0 Å². The highest BCUT2D eigenvalue weighted by atomic mass is 16.6. The molecule has 0 spiro atoms. The lowest BCUT2D eigenvalue weighted by Crippen LogP contribution is -2.38. The molecule has 1 aliphatic carbocycles. The molecule has 0 aromatic heterocycles. The highest BCUT2D eigenvalue weighted by Gasteiger charge is 2.33. The van der Waals surface area contributed by atoms with E-state index >= 15 is 0 Å². The second-order valence-electron chi connectivity index (χ2n) is 8.55. The number of methoxy groups -OCH3 is 1. The molecule has 30 heavy (non-hydrogen) atoms. The van der Waals surface area contributed by atoms with Gasteiger partial charge in [0.05, 0.1) is 7.11 Å². The van der Waals surface area contributed by atoms with Crippen molar-refractivity contribution in [2.75, 3.05) is 7.11 Å². The largest absolute Gasteiger partial charge is 0.465 e. The molecule has 0 unspecified atom stereocenters. The molecule has 0 amide bonds. The summed E-state index contributed by atoms with van der Waals surface area (Å²) in [5.74, 6) is -2.03. The molecule has 0 fully saturated rings. The molecular formula is C26H42O4. The maximum atomic E-state index is 11.4. The topological polar surface area (TPSA) is 66.8 Å². The van der Waals surface area contributed by atoms with Crippen LogP contribution < -0.4 is 0 Å². The van der Waals surface area contributed by atoms with E-state index in [-0.39, 0.29) is 6.42 Å². The summed E-state index contributed by atoms with van der Waals surface area (Å²) in [5.41, 5.74) is 4.19. The van der Waals surface area contributed by atoms with Gasteiger partial charge in [0, 0.05) is 6.42 Å². The van der Waals surface area contributed by atoms with Crippen LogP contribution in [0.2, 0.25) is 0 Å².